The van der Waals surface area contributed by atoms with Crippen molar-refractivity contribution in [1.29, 1.82) is 0 Å². The molecule has 4 heterocycles. The van der Waals surface area contributed by atoms with Crippen molar-refractivity contribution in [2.45, 2.75) is 90.3 Å². The standard InChI is InChI=1S/C32H41N5O4/c1-4-26(39)25-17-32-18-27(32)37(25)29(41)19-36-31-22(11-7-5-6-8-12-28(40)34(3)20-32)15-23(35-13-9-10-14-35)16-24(31)30(33-36)21(2)38/h5,7,15-16,25,27H,4,6,8-14,17-20H2,1-3H3/b7-5+/t25-,27+,32-/m0/s1. The first kappa shape index (κ1) is 27.7. The van der Waals surface area contributed by atoms with Crippen LogP contribution in [0.15, 0.2) is 24.3 Å². The van der Waals surface area contributed by atoms with E-state index in [1.807, 2.05) is 14.0 Å². The fraction of sp³-hybridized carbons (Fsp3) is 0.594. The summed E-state index contributed by atoms with van der Waals surface area (Å²) in [5.41, 5.74) is 3.09. The molecule has 0 unspecified atom stereocenters. The number of carbonyl (C=O) groups excluding carboxylic acids is 4. The van der Waals surface area contributed by atoms with E-state index in [4.69, 9.17) is 5.10 Å². The molecule has 3 atom stereocenters. The molecule has 0 spiro atoms. The summed E-state index contributed by atoms with van der Waals surface area (Å²) in [6, 6.07) is 3.71. The van der Waals surface area contributed by atoms with Crippen LogP contribution < -0.4 is 4.90 Å². The molecule has 0 N–H and O–H groups in total. The zero-order valence-corrected chi connectivity index (χ0v) is 24.5. The summed E-state index contributed by atoms with van der Waals surface area (Å²) in [6.07, 6.45) is 11.0. The van der Waals surface area contributed by atoms with Crippen molar-refractivity contribution >= 4 is 40.0 Å². The highest BCUT2D eigenvalue weighted by atomic mass is 16.2. The molecule has 1 aromatic heterocycles. The molecule has 41 heavy (non-hydrogen) atoms. The number of benzene rings is 1. The molecule has 6 rings (SSSR count). The number of carbonyl (C=O) groups is 4. The largest absolute Gasteiger partial charge is 0.372 e. The van der Waals surface area contributed by atoms with E-state index in [2.05, 4.69) is 29.2 Å². The van der Waals surface area contributed by atoms with Gasteiger partial charge in [0.05, 0.1) is 11.6 Å². The molecule has 3 aliphatic heterocycles. The van der Waals surface area contributed by atoms with Gasteiger partial charge in [-0.25, -0.2) is 0 Å². The zero-order valence-electron chi connectivity index (χ0n) is 24.5. The van der Waals surface area contributed by atoms with Crippen molar-refractivity contribution in [2.75, 3.05) is 31.6 Å². The summed E-state index contributed by atoms with van der Waals surface area (Å²) in [5, 5.41) is 5.51. The molecule has 9 heteroatoms. The number of nitrogens with zero attached hydrogens (tertiary/aromatic N) is 5. The molecule has 1 aliphatic carbocycles. The predicted molar refractivity (Wildman–Crippen MR) is 157 cm³/mol. The number of Topliss-reactive ketones (excluding diaryl/α,β-unsaturated/α-hetero) is 2. The molecule has 1 aromatic carbocycles. The first-order valence-electron chi connectivity index (χ1n) is 15.2. The Kier molecular flexibility index (Phi) is 7.24. The molecule has 2 bridgehead atoms. The van der Waals surface area contributed by atoms with Crippen LogP contribution in [0, 0.1) is 5.41 Å². The van der Waals surface area contributed by atoms with E-state index in [-0.39, 0.29) is 41.4 Å². The number of anilines is 1. The van der Waals surface area contributed by atoms with Crippen LogP contribution in [0.25, 0.3) is 10.9 Å². The number of hydrogen-bond donors (Lipinski definition) is 0. The SMILES string of the molecule is CCC(=O)[C@@H]1C[C@@]23C[C@H]2N1C(=O)Cn1nc(C(C)=O)c2cc(N4CCCC4)cc(c21)C/C=C/CCCC(=O)N(C)C3. The minimum atomic E-state index is -0.480. The van der Waals surface area contributed by atoms with E-state index in [1.54, 1.807) is 14.5 Å². The van der Waals surface area contributed by atoms with Crippen LogP contribution in [0.2, 0.25) is 0 Å². The summed E-state index contributed by atoms with van der Waals surface area (Å²) in [7, 11) is 1.84. The van der Waals surface area contributed by atoms with Crippen LogP contribution in [0.4, 0.5) is 5.69 Å². The van der Waals surface area contributed by atoms with Crippen LogP contribution in [0.1, 0.15) is 81.3 Å². The second-order valence-electron chi connectivity index (χ2n) is 12.5. The van der Waals surface area contributed by atoms with Crippen molar-refractivity contribution in [2.24, 2.45) is 5.41 Å². The van der Waals surface area contributed by atoms with Gasteiger partial charge in [0, 0.05) is 69.0 Å². The zero-order chi connectivity index (χ0) is 28.9. The maximum atomic E-state index is 14.1. The highest BCUT2D eigenvalue weighted by molar-refractivity contribution is 6.07. The van der Waals surface area contributed by atoms with Gasteiger partial charge < -0.3 is 14.7 Å². The normalized spacial score (nSPS) is 27.7. The first-order chi connectivity index (χ1) is 19.7. The number of amides is 2. The van der Waals surface area contributed by atoms with Crippen molar-refractivity contribution in [3.05, 3.63) is 35.5 Å². The molecule has 2 amide bonds. The van der Waals surface area contributed by atoms with Crippen molar-refractivity contribution in [1.82, 2.24) is 19.6 Å². The minimum absolute atomic E-state index is 0.0294. The molecule has 2 aromatic rings. The number of aromatic nitrogens is 2. The van der Waals surface area contributed by atoms with Gasteiger partial charge in [-0.3, -0.25) is 23.9 Å². The van der Waals surface area contributed by atoms with E-state index in [9.17, 15) is 19.2 Å². The van der Waals surface area contributed by atoms with E-state index < -0.39 is 6.04 Å². The first-order valence-corrected chi connectivity index (χ1v) is 15.2. The van der Waals surface area contributed by atoms with Gasteiger partial charge in [0.1, 0.15) is 12.2 Å². The Morgan fingerprint density at radius 2 is 1.83 bits per heavy atom. The fourth-order valence-corrected chi connectivity index (χ4v) is 7.46. The Bertz CT molecular complexity index is 1440. The maximum Gasteiger partial charge on any atom is 0.245 e. The highest BCUT2D eigenvalue weighted by Crippen LogP contribution is 2.60. The third-order valence-corrected chi connectivity index (χ3v) is 9.67. The fourth-order valence-electron chi connectivity index (χ4n) is 7.46. The van der Waals surface area contributed by atoms with E-state index in [0.29, 0.717) is 37.9 Å². The molecule has 4 aliphatic rings. The quantitative estimate of drug-likeness (QED) is 0.416. The lowest BCUT2D eigenvalue weighted by Gasteiger charge is -2.27. The summed E-state index contributed by atoms with van der Waals surface area (Å²) in [4.78, 5) is 58.8. The average Bonchev–Trinajstić information content (AvgIpc) is 3.33. The minimum Gasteiger partial charge on any atom is -0.372 e. The van der Waals surface area contributed by atoms with Gasteiger partial charge in [-0.15, -0.1) is 0 Å². The molecule has 3 fully saturated rings. The van der Waals surface area contributed by atoms with Crippen LogP contribution >= 0.6 is 0 Å². The van der Waals surface area contributed by atoms with Crippen LogP contribution in [-0.4, -0.2) is 81.7 Å². The predicted octanol–water partition coefficient (Wildman–Crippen LogP) is 3.92. The topological polar surface area (TPSA) is 95.8 Å². The van der Waals surface area contributed by atoms with Gasteiger partial charge in [0.25, 0.3) is 0 Å². The van der Waals surface area contributed by atoms with Crippen molar-refractivity contribution in [3.63, 3.8) is 0 Å². The Morgan fingerprint density at radius 1 is 1.05 bits per heavy atom. The van der Waals surface area contributed by atoms with Gasteiger partial charge in [-0.1, -0.05) is 19.1 Å². The van der Waals surface area contributed by atoms with Crippen LogP contribution in [0.3, 0.4) is 0 Å². The van der Waals surface area contributed by atoms with Crippen molar-refractivity contribution in [3.8, 4) is 0 Å². The Labute approximate surface area is 241 Å². The summed E-state index contributed by atoms with van der Waals surface area (Å²) >= 11 is 0. The Hall–Kier alpha value is -3.49. The smallest absolute Gasteiger partial charge is 0.245 e. The molecular formula is C32H41N5O4. The maximum absolute atomic E-state index is 14.1. The third kappa shape index (κ3) is 4.97. The van der Waals surface area contributed by atoms with Gasteiger partial charge in [-0.05, 0) is 62.6 Å². The molecule has 2 saturated heterocycles. The lowest BCUT2D eigenvalue weighted by Crippen LogP contribution is -2.44. The van der Waals surface area contributed by atoms with Crippen LogP contribution in [-0.2, 0) is 27.3 Å². The number of piperidine rings is 1. The molecule has 0 radical (unpaired) electrons. The second-order valence-corrected chi connectivity index (χ2v) is 12.5. The average molecular weight is 560 g/mol. The number of rotatable bonds is 4. The summed E-state index contributed by atoms with van der Waals surface area (Å²) in [5.74, 6) is -0.103. The van der Waals surface area contributed by atoms with Crippen molar-refractivity contribution < 1.29 is 19.2 Å². The molecular weight excluding hydrogens is 518 g/mol. The third-order valence-electron chi connectivity index (χ3n) is 9.67. The molecule has 1 saturated carbocycles. The van der Waals surface area contributed by atoms with E-state index in [0.717, 1.165) is 67.3 Å². The summed E-state index contributed by atoms with van der Waals surface area (Å²) in [6.45, 7) is 5.87. The van der Waals surface area contributed by atoms with Gasteiger partial charge in [0.2, 0.25) is 11.8 Å². The highest BCUT2D eigenvalue weighted by Gasteiger charge is 2.67. The van der Waals surface area contributed by atoms with Gasteiger partial charge in [0.15, 0.2) is 11.6 Å². The van der Waals surface area contributed by atoms with E-state index in [1.165, 1.54) is 6.92 Å². The lowest BCUT2D eigenvalue weighted by molar-refractivity contribution is -0.139. The number of allylic oxidation sites excluding steroid dienone is 2. The second kappa shape index (κ2) is 10.7. The molecule has 9 nitrogen and oxygen atoms in total. The number of hydrogen-bond acceptors (Lipinski definition) is 6. The van der Waals surface area contributed by atoms with Crippen LogP contribution in [0.5, 0.6) is 0 Å². The van der Waals surface area contributed by atoms with E-state index >= 15 is 0 Å². The van der Waals surface area contributed by atoms with Gasteiger partial charge in [-0.2, -0.15) is 5.10 Å². The number of ketones is 2. The Morgan fingerprint density at radius 3 is 2.56 bits per heavy atom. The summed E-state index contributed by atoms with van der Waals surface area (Å²) < 4.78 is 1.70. The molecule has 218 valence electrons. The Balaban J connectivity index is 1.44. The monoisotopic (exact) mass is 559 g/mol. The van der Waals surface area contributed by atoms with Gasteiger partial charge >= 0.3 is 0 Å². The lowest BCUT2D eigenvalue weighted by atomic mass is 9.95.